The summed E-state index contributed by atoms with van der Waals surface area (Å²) >= 11 is 0. The van der Waals surface area contributed by atoms with Crippen molar-refractivity contribution in [3.63, 3.8) is 0 Å². The van der Waals surface area contributed by atoms with Gasteiger partial charge in [0.05, 0.1) is 16.7 Å². The maximum absolute atomic E-state index is 6.93. The number of benzene rings is 6. The van der Waals surface area contributed by atoms with Crippen molar-refractivity contribution in [3.8, 4) is 51.1 Å². The largest absolute Gasteiger partial charge is 0.454 e. The van der Waals surface area contributed by atoms with Gasteiger partial charge in [-0.2, -0.15) is 0 Å². The molecule has 50 heavy (non-hydrogen) atoms. The number of hydrogen-bond donors (Lipinski definition) is 0. The molecule has 234 valence electrons. The van der Waals surface area contributed by atoms with Gasteiger partial charge in [-0.1, -0.05) is 109 Å². The van der Waals surface area contributed by atoms with Crippen molar-refractivity contribution in [1.82, 2.24) is 24.5 Å². The minimum absolute atomic E-state index is 0.551. The standard InChI is InChI=1S/C44H27N5O/c1-4-14-28(15-5-1)42-46-43(29-16-6-2-7-17-29)48-44(47-42)39-33(35-21-12-13-27-45-35)25-26-37-38(39)34-24-23-32-31-20-10-11-22-36(31)49(40(32)41(34)50-37)30-18-8-3-9-19-30/h1-27H. The van der Waals surface area contributed by atoms with Crippen molar-refractivity contribution in [2.24, 2.45) is 0 Å². The summed E-state index contributed by atoms with van der Waals surface area (Å²) in [5, 5.41) is 4.20. The zero-order valence-electron chi connectivity index (χ0n) is 26.7. The fourth-order valence-corrected chi connectivity index (χ4v) is 7.11. The van der Waals surface area contributed by atoms with Crippen molar-refractivity contribution in [3.05, 3.63) is 164 Å². The van der Waals surface area contributed by atoms with E-state index in [4.69, 9.17) is 24.4 Å². The summed E-state index contributed by atoms with van der Waals surface area (Å²) < 4.78 is 9.23. The van der Waals surface area contributed by atoms with Crippen LogP contribution in [-0.4, -0.2) is 24.5 Å². The Morgan fingerprint density at radius 2 is 1.10 bits per heavy atom. The molecule has 0 unspecified atom stereocenters. The minimum atomic E-state index is 0.551. The summed E-state index contributed by atoms with van der Waals surface area (Å²) in [7, 11) is 0. The maximum atomic E-state index is 6.93. The van der Waals surface area contributed by atoms with Crippen LogP contribution < -0.4 is 0 Å². The molecule has 6 nitrogen and oxygen atoms in total. The lowest BCUT2D eigenvalue weighted by molar-refractivity contribution is 0.671. The number of fused-ring (bicyclic) bond motifs is 7. The average Bonchev–Trinajstić information content (AvgIpc) is 3.75. The van der Waals surface area contributed by atoms with Gasteiger partial charge < -0.3 is 8.98 Å². The third-order valence-corrected chi connectivity index (χ3v) is 9.32. The van der Waals surface area contributed by atoms with Crippen molar-refractivity contribution < 1.29 is 4.42 Å². The first kappa shape index (κ1) is 28.1. The summed E-state index contributed by atoms with van der Waals surface area (Å²) in [6.45, 7) is 0. The summed E-state index contributed by atoms with van der Waals surface area (Å²) in [6, 6.07) is 53.6. The topological polar surface area (TPSA) is 69.6 Å². The van der Waals surface area contributed by atoms with E-state index in [1.54, 1.807) is 0 Å². The number of aromatic nitrogens is 5. The second-order valence-electron chi connectivity index (χ2n) is 12.2. The average molecular weight is 642 g/mol. The molecule has 0 fully saturated rings. The number of pyridine rings is 1. The second kappa shape index (κ2) is 11.4. The van der Waals surface area contributed by atoms with E-state index >= 15 is 0 Å². The normalized spacial score (nSPS) is 11.6. The van der Waals surface area contributed by atoms with Crippen molar-refractivity contribution >= 4 is 43.7 Å². The van der Waals surface area contributed by atoms with Crippen LogP contribution in [-0.2, 0) is 0 Å². The second-order valence-corrected chi connectivity index (χ2v) is 12.2. The predicted molar refractivity (Wildman–Crippen MR) is 201 cm³/mol. The molecule has 0 atom stereocenters. The molecule has 10 rings (SSSR count). The first-order chi connectivity index (χ1) is 24.8. The van der Waals surface area contributed by atoms with Gasteiger partial charge in [-0.15, -0.1) is 0 Å². The van der Waals surface area contributed by atoms with Crippen LogP contribution in [0.2, 0.25) is 0 Å². The molecule has 0 saturated carbocycles. The molecule has 6 heteroatoms. The molecule has 0 aliphatic rings. The van der Waals surface area contributed by atoms with Crippen LogP contribution in [0.15, 0.2) is 168 Å². The minimum Gasteiger partial charge on any atom is -0.454 e. The lowest BCUT2D eigenvalue weighted by atomic mass is 9.96. The van der Waals surface area contributed by atoms with E-state index in [2.05, 4.69) is 71.3 Å². The Morgan fingerprint density at radius 1 is 0.480 bits per heavy atom. The SMILES string of the molecule is c1ccc(-c2nc(-c3ccccc3)nc(-c3c(-c4ccccn4)ccc4oc5c(ccc6c7ccccc7n(-c7ccccc7)c65)c34)n2)cc1. The van der Waals surface area contributed by atoms with Crippen LogP contribution in [0.25, 0.3) is 94.9 Å². The highest BCUT2D eigenvalue weighted by Crippen LogP contribution is 2.45. The summed E-state index contributed by atoms with van der Waals surface area (Å²) in [5.41, 5.74) is 9.15. The molecule has 0 bridgehead atoms. The number of para-hydroxylation sites is 2. The Labute approximate surface area is 287 Å². The fourth-order valence-electron chi connectivity index (χ4n) is 7.11. The van der Waals surface area contributed by atoms with E-state index in [9.17, 15) is 0 Å². The zero-order chi connectivity index (χ0) is 33.0. The molecule has 0 radical (unpaired) electrons. The molecule has 0 spiro atoms. The van der Waals surface area contributed by atoms with E-state index in [0.29, 0.717) is 17.5 Å². The van der Waals surface area contributed by atoms with E-state index in [1.165, 1.54) is 5.39 Å². The predicted octanol–water partition coefficient (Wildman–Crippen LogP) is 10.9. The third kappa shape index (κ3) is 4.43. The molecule has 10 aromatic rings. The van der Waals surface area contributed by atoms with Gasteiger partial charge in [-0.3, -0.25) is 4.98 Å². The van der Waals surface area contributed by atoms with Gasteiger partial charge in [0.15, 0.2) is 23.1 Å². The highest BCUT2D eigenvalue weighted by molar-refractivity contribution is 6.24. The molecule has 4 aromatic heterocycles. The van der Waals surface area contributed by atoms with Crippen LogP contribution in [0.1, 0.15) is 0 Å². The van der Waals surface area contributed by atoms with Crippen LogP contribution in [0, 0.1) is 0 Å². The summed E-state index contributed by atoms with van der Waals surface area (Å²) in [5.74, 6) is 1.74. The molecule has 0 amide bonds. The summed E-state index contributed by atoms with van der Waals surface area (Å²) in [4.78, 5) is 20.1. The molecule has 0 N–H and O–H groups in total. The molecule has 0 aliphatic heterocycles. The molecule has 0 saturated heterocycles. The van der Waals surface area contributed by atoms with Crippen molar-refractivity contribution in [2.45, 2.75) is 0 Å². The maximum Gasteiger partial charge on any atom is 0.165 e. The van der Waals surface area contributed by atoms with E-state index in [0.717, 1.165) is 72.0 Å². The Kier molecular flexibility index (Phi) is 6.39. The Balaban J connectivity index is 1.35. The van der Waals surface area contributed by atoms with E-state index < -0.39 is 0 Å². The lowest BCUT2D eigenvalue weighted by Gasteiger charge is -2.13. The van der Waals surface area contributed by atoms with Gasteiger partial charge in [0.1, 0.15) is 5.58 Å². The number of hydrogen-bond acceptors (Lipinski definition) is 5. The lowest BCUT2D eigenvalue weighted by Crippen LogP contribution is -2.01. The zero-order valence-corrected chi connectivity index (χ0v) is 26.7. The quantitative estimate of drug-likeness (QED) is 0.187. The fraction of sp³-hybridized carbons (Fsp3) is 0. The monoisotopic (exact) mass is 641 g/mol. The third-order valence-electron chi connectivity index (χ3n) is 9.32. The molecule has 0 aliphatic carbocycles. The first-order valence-electron chi connectivity index (χ1n) is 16.6. The van der Waals surface area contributed by atoms with Crippen molar-refractivity contribution in [2.75, 3.05) is 0 Å². The van der Waals surface area contributed by atoms with Gasteiger partial charge in [0, 0.05) is 55.7 Å². The Bertz CT molecular complexity index is 2790. The highest BCUT2D eigenvalue weighted by Gasteiger charge is 2.25. The van der Waals surface area contributed by atoms with Crippen LogP contribution in [0.5, 0.6) is 0 Å². The van der Waals surface area contributed by atoms with Gasteiger partial charge in [0.25, 0.3) is 0 Å². The smallest absolute Gasteiger partial charge is 0.165 e. The van der Waals surface area contributed by atoms with Crippen molar-refractivity contribution in [1.29, 1.82) is 0 Å². The van der Waals surface area contributed by atoms with Crippen LogP contribution >= 0.6 is 0 Å². The number of furan rings is 1. The van der Waals surface area contributed by atoms with Crippen LogP contribution in [0.3, 0.4) is 0 Å². The Hall–Kier alpha value is -6.92. The molecule has 6 aromatic carbocycles. The Morgan fingerprint density at radius 3 is 1.80 bits per heavy atom. The van der Waals surface area contributed by atoms with E-state index in [1.807, 2.05) is 97.2 Å². The van der Waals surface area contributed by atoms with Gasteiger partial charge in [-0.05, 0) is 48.5 Å². The van der Waals surface area contributed by atoms with E-state index in [-0.39, 0.29) is 0 Å². The molecular weight excluding hydrogens is 615 g/mol. The van der Waals surface area contributed by atoms with Gasteiger partial charge in [0.2, 0.25) is 0 Å². The van der Waals surface area contributed by atoms with Gasteiger partial charge >= 0.3 is 0 Å². The van der Waals surface area contributed by atoms with Crippen LogP contribution in [0.4, 0.5) is 0 Å². The number of nitrogens with zero attached hydrogens (tertiary/aromatic N) is 5. The molecule has 4 heterocycles. The van der Waals surface area contributed by atoms with Gasteiger partial charge in [-0.25, -0.2) is 15.0 Å². The number of rotatable bonds is 5. The molecular formula is C44H27N5O. The highest BCUT2D eigenvalue weighted by atomic mass is 16.3. The first-order valence-corrected chi connectivity index (χ1v) is 16.6. The summed E-state index contributed by atoms with van der Waals surface area (Å²) in [6.07, 6.45) is 1.82.